The van der Waals surface area contributed by atoms with Crippen LogP contribution in [0.3, 0.4) is 0 Å². The molecule has 2 bridgehead atoms. The maximum absolute atomic E-state index is 13.2. The van der Waals surface area contributed by atoms with Gasteiger partial charge in [0, 0.05) is 48.6 Å². The Kier molecular flexibility index (Phi) is 3.38. The highest BCUT2D eigenvalue weighted by molar-refractivity contribution is 5.76. The summed E-state index contributed by atoms with van der Waals surface area (Å²) in [6.45, 7) is 9.32. The number of amides is 1. The van der Waals surface area contributed by atoms with E-state index in [-0.39, 0.29) is 17.4 Å². The Labute approximate surface area is 170 Å². The lowest BCUT2D eigenvalue weighted by Gasteiger charge is -2.42. The van der Waals surface area contributed by atoms with E-state index in [1.807, 2.05) is 26.3 Å². The molecule has 4 atom stereocenters. The Morgan fingerprint density at radius 3 is 2.90 bits per heavy atom. The molecule has 0 aromatic carbocycles. The standard InChI is InChI=1S/C23H28N4O2/c1-13-21-18(8-16-22(21)23(16,2)3)27(24-13)12-20(29)25-9-14-7-15(11-25)17-5-4-6-19(28)26(17)10-14/h4-6,14-16,22H,7-12H2,1-3H3/t14-,15-,16+,22-/m0/s1. The summed E-state index contributed by atoms with van der Waals surface area (Å²) in [5.41, 5.74) is 5.38. The van der Waals surface area contributed by atoms with Gasteiger partial charge in [0.1, 0.15) is 6.54 Å². The predicted molar refractivity (Wildman–Crippen MR) is 109 cm³/mol. The summed E-state index contributed by atoms with van der Waals surface area (Å²) in [4.78, 5) is 27.4. The van der Waals surface area contributed by atoms with Crippen LogP contribution in [0, 0.1) is 24.2 Å². The highest BCUT2D eigenvalue weighted by atomic mass is 16.2. The second-order valence-electron chi connectivity index (χ2n) is 10.2. The van der Waals surface area contributed by atoms with E-state index in [0.29, 0.717) is 30.3 Å². The topological polar surface area (TPSA) is 60.1 Å². The van der Waals surface area contributed by atoms with Crippen molar-refractivity contribution in [1.29, 1.82) is 0 Å². The van der Waals surface area contributed by atoms with Crippen molar-refractivity contribution in [2.24, 2.45) is 17.3 Å². The Balaban J connectivity index is 1.23. The van der Waals surface area contributed by atoms with E-state index < -0.39 is 0 Å². The zero-order chi connectivity index (χ0) is 20.1. The van der Waals surface area contributed by atoms with Crippen LogP contribution < -0.4 is 5.56 Å². The van der Waals surface area contributed by atoms with Gasteiger partial charge in [0.25, 0.3) is 5.56 Å². The maximum Gasteiger partial charge on any atom is 0.250 e. The third kappa shape index (κ3) is 2.37. The highest BCUT2D eigenvalue weighted by Crippen LogP contribution is 2.70. The quantitative estimate of drug-likeness (QED) is 0.788. The maximum atomic E-state index is 13.2. The molecule has 1 saturated heterocycles. The first kappa shape index (κ1) is 17.5. The molecule has 6 rings (SSSR count). The fraction of sp³-hybridized carbons (Fsp3) is 0.609. The summed E-state index contributed by atoms with van der Waals surface area (Å²) in [5, 5.41) is 4.75. The number of piperidine rings is 1. The van der Waals surface area contributed by atoms with E-state index in [0.717, 1.165) is 43.2 Å². The second kappa shape index (κ2) is 5.61. The molecule has 2 aromatic rings. The van der Waals surface area contributed by atoms with Crippen molar-refractivity contribution in [2.45, 2.75) is 58.5 Å². The molecular formula is C23H28N4O2. The zero-order valence-corrected chi connectivity index (χ0v) is 17.4. The van der Waals surface area contributed by atoms with Crippen molar-refractivity contribution < 1.29 is 4.79 Å². The molecule has 2 aliphatic heterocycles. The molecule has 4 aliphatic rings. The minimum Gasteiger partial charge on any atom is -0.340 e. The first-order valence-electron chi connectivity index (χ1n) is 10.9. The van der Waals surface area contributed by atoms with Gasteiger partial charge in [-0.2, -0.15) is 5.10 Å². The number of likely N-dealkylation sites (tertiary alicyclic amines) is 1. The van der Waals surface area contributed by atoms with Crippen LogP contribution in [0.5, 0.6) is 0 Å². The van der Waals surface area contributed by atoms with Gasteiger partial charge >= 0.3 is 0 Å². The Morgan fingerprint density at radius 2 is 2.07 bits per heavy atom. The molecule has 2 aromatic heterocycles. The number of hydrogen-bond acceptors (Lipinski definition) is 3. The number of nitrogens with zero attached hydrogens (tertiary/aromatic N) is 4. The molecule has 0 unspecified atom stereocenters. The molecule has 0 radical (unpaired) electrons. The van der Waals surface area contributed by atoms with Crippen molar-refractivity contribution in [3.63, 3.8) is 0 Å². The third-order valence-corrected chi connectivity index (χ3v) is 8.18. The van der Waals surface area contributed by atoms with Gasteiger partial charge in [0.2, 0.25) is 5.91 Å². The van der Waals surface area contributed by atoms with Crippen molar-refractivity contribution in [3.05, 3.63) is 51.2 Å². The SMILES string of the molecule is Cc1nn(CC(=O)N2C[C@@H]3C[C@@H](C2)c2cccc(=O)n2C3)c2c1[C@@H]1[C@@H](C2)C1(C)C. The molecule has 29 heavy (non-hydrogen) atoms. The molecule has 6 nitrogen and oxygen atoms in total. The normalized spacial score (nSPS) is 30.5. The number of pyridine rings is 1. The predicted octanol–water partition coefficient (Wildman–Crippen LogP) is 2.29. The minimum absolute atomic E-state index is 0.0843. The molecule has 6 heteroatoms. The fourth-order valence-electron chi connectivity index (χ4n) is 6.63. The van der Waals surface area contributed by atoms with Crippen LogP contribution in [0.2, 0.25) is 0 Å². The number of aryl methyl sites for hydroxylation is 1. The number of carbonyl (C=O) groups excluding carboxylic acids is 1. The van der Waals surface area contributed by atoms with Gasteiger partial charge in [-0.25, -0.2) is 0 Å². The summed E-state index contributed by atoms with van der Waals surface area (Å²) in [6.07, 6.45) is 2.13. The van der Waals surface area contributed by atoms with E-state index in [2.05, 4.69) is 20.8 Å². The summed E-state index contributed by atoms with van der Waals surface area (Å²) in [5.74, 6) is 2.14. The van der Waals surface area contributed by atoms with Crippen molar-refractivity contribution in [2.75, 3.05) is 13.1 Å². The molecule has 152 valence electrons. The number of aromatic nitrogens is 3. The zero-order valence-electron chi connectivity index (χ0n) is 17.4. The second-order valence-corrected chi connectivity index (χ2v) is 10.2. The largest absolute Gasteiger partial charge is 0.340 e. The van der Waals surface area contributed by atoms with E-state index in [1.54, 1.807) is 6.07 Å². The number of rotatable bonds is 2. The number of fused-ring (bicyclic) bond motifs is 7. The lowest BCUT2D eigenvalue weighted by atomic mass is 9.83. The van der Waals surface area contributed by atoms with E-state index in [9.17, 15) is 9.59 Å². The van der Waals surface area contributed by atoms with Crippen LogP contribution in [0.4, 0.5) is 0 Å². The lowest BCUT2D eigenvalue weighted by molar-refractivity contribution is -0.134. The van der Waals surface area contributed by atoms with Gasteiger partial charge in [0.05, 0.1) is 5.69 Å². The van der Waals surface area contributed by atoms with Crippen molar-refractivity contribution >= 4 is 5.91 Å². The lowest BCUT2D eigenvalue weighted by Crippen LogP contribution is -2.49. The van der Waals surface area contributed by atoms with Crippen LogP contribution in [0.25, 0.3) is 0 Å². The monoisotopic (exact) mass is 392 g/mol. The first-order valence-corrected chi connectivity index (χ1v) is 10.9. The van der Waals surface area contributed by atoms with Gasteiger partial charge in [-0.3, -0.25) is 14.3 Å². The van der Waals surface area contributed by atoms with Gasteiger partial charge in [-0.05, 0) is 49.0 Å². The Bertz CT molecular complexity index is 1090. The Hall–Kier alpha value is -2.37. The third-order valence-electron chi connectivity index (χ3n) is 8.18. The average molecular weight is 393 g/mol. The fourth-order valence-corrected chi connectivity index (χ4v) is 6.63. The smallest absolute Gasteiger partial charge is 0.250 e. The number of carbonyl (C=O) groups is 1. The molecule has 2 fully saturated rings. The molecule has 0 N–H and O–H groups in total. The van der Waals surface area contributed by atoms with E-state index >= 15 is 0 Å². The summed E-state index contributed by atoms with van der Waals surface area (Å²) in [7, 11) is 0. The van der Waals surface area contributed by atoms with Crippen molar-refractivity contribution in [1.82, 2.24) is 19.2 Å². The molecular weight excluding hydrogens is 364 g/mol. The van der Waals surface area contributed by atoms with Gasteiger partial charge in [-0.1, -0.05) is 19.9 Å². The highest BCUT2D eigenvalue weighted by Gasteiger charge is 2.63. The summed E-state index contributed by atoms with van der Waals surface area (Å²) < 4.78 is 3.90. The van der Waals surface area contributed by atoms with Gasteiger partial charge in [0.15, 0.2) is 0 Å². The Morgan fingerprint density at radius 1 is 1.24 bits per heavy atom. The van der Waals surface area contributed by atoms with Crippen molar-refractivity contribution in [3.8, 4) is 0 Å². The van der Waals surface area contributed by atoms with Crippen LogP contribution in [0.15, 0.2) is 23.0 Å². The van der Waals surface area contributed by atoms with Gasteiger partial charge < -0.3 is 9.47 Å². The van der Waals surface area contributed by atoms with Crippen LogP contribution in [-0.4, -0.2) is 38.2 Å². The van der Waals surface area contributed by atoms with Crippen LogP contribution in [0.1, 0.15) is 54.7 Å². The molecule has 1 amide bonds. The number of hydrogen-bond donors (Lipinski definition) is 0. The minimum atomic E-state index is 0.0843. The summed E-state index contributed by atoms with van der Waals surface area (Å²) in [6, 6.07) is 5.53. The first-order chi connectivity index (χ1) is 13.8. The van der Waals surface area contributed by atoms with E-state index in [1.165, 1.54) is 11.3 Å². The molecule has 1 saturated carbocycles. The average Bonchev–Trinajstić information content (AvgIpc) is 3.00. The molecule has 4 heterocycles. The van der Waals surface area contributed by atoms with Crippen LogP contribution >= 0.6 is 0 Å². The van der Waals surface area contributed by atoms with Crippen LogP contribution in [-0.2, 0) is 24.3 Å². The van der Waals surface area contributed by atoms with E-state index in [4.69, 9.17) is 5.10 Å². The summed E-state index contributed by atoms with van der Waals surface area (Å²) >= 11 is 0. The molecule has 0 spiro atoms. The molecule has 2 aliphatic carbocycles. The van der Waals surface area contributed by atoms with Gasteiger partial charge in [-0.15, -0.1) is 0 Å².